The van der Waals surface area contributed by atoms with Crippen LogP contribution in [0.1, 0.15) is 47.3 Å². The van der Waals surface area contributed by atoms with E-state index in [1.165, 1.54) is 0 Å². The number of benzene rings is 1. The normalized spacial score (nSPS) is 11.0. The molecule has 19 heavy (non-hydrogen) atoms. The van der Waals surface area contributed by atoms with E-state index in [0.717, 1.165) is 17.1 Å². The summed E-state index contributed by atoms with van der Waals surface area (Å²) in [5, 5.41) is 13.5. The second-order valence-corrected chi connectivity index (χ2v) is 4.89. The Hall–Kier alpha value is -2.17. The highest BCUT2D eigenvalue weighted by Gasteiger charge is 2.15. The molecule has 1 aromatic heterocycles. The van der Waals surface area contributed by atoms with Crippen LogP contribution < -0.4 is 0 Å². The van der Waals surface area contributed by atoms with Gasteiger partial charge in [0.05, 0.1) is 11.3 Å². The van der Waals surface area contributed by atoms with E-state index in [1.54, 1.807) is 22.9 Å². The van der Waals surface area contributed by atoms with Crippen LogP contribution in [0.15, 0.2) is 18.2 Å². The topological polar surface area (TPSA) is 68.0 Å². The number of aromatic carboxylic acids is 1. The molecule has 0 aliphatic carbocycles. The van der Waals surface area contributed by atoms with Crippen molar-refractivity contribution in [2.75, 3.05) is 0 Å². The molecular weight excluding hydrogens is 242 g/mol. The Kier molecular flexibility index (Phi) is 3.38. The molecule has 1 aromatic carbocycles. The molecule has 0 unspecified atom stereocenters. The first-order valence-electron chi connectivity index (χ1n) is 6.18. The summed E-state index contributed by atoms with van der Waals surface area (Å²) in [5.41, 5.74) is 1.99. The highest BCUT2D eigenvalue weighted by atomic mass is 16.4. The third-order valence-corrected chi connectivity index (χ3v) is 2.94. The van der Waals surface area contributed by atoms with Gasteiger partial charge in [-0.05, 0) is 31.5 Å². The fourth-order valence-corrected chi connectivity index (χ4v) is 1.95. The quantitative estimate of drug-likeness (QED) is 0.920. The molecule has 0 bridgehead atoms. The van der Waals surface area contributed by atoms with Crippen LogP contribution in [0.2, 0.25) is 0 Å². The molecule has 0 saturated carbocycles. The summed E-state index contributed by atoms with van der Waals surface area (Å²) in [5.74, 6) is 0.797. The van der Waals surface area contributed by atoms with Gasteiger partial charge in [0, 0.05) is 5.92 Å². The molecule has 0 aliphatic rings. The second kappa shape index (κ2) is 4.84. The lowest BCUT2D eigenvalue weighted by Crippen LogP contribution is -2.08. The number of hydrogen-bond acceptors (Lipinski definition) is 3. The van der Waals surface area contributed by atoms with Crippen LogP contribution in [0.5, 0.6) is 0 Å². The largest absolute Gasteiger partial charge is 0.478 e. The number of hydrogen-bond donors (Lipinski definition) is 1. The van der Waals surface area contributed by atoms with Crippen molar-refractivity contribution in [2.45, 2.75) is 33.6 Å². The molecule has 0 atom stereocenters. The van der Waals surface area contributed by atoms with E-state index in [-0.39, 0.29) is 11.5 Å². The molecule has 100 valence electrons. The third kappa shape index (κ3) is 2.50. The van der Waals surface area contributed by atoms with Gasteiger partial charge in [-0.25, -0.2) is 14.5 Å². The molecule has 1 heterocycles. The zero-order valence-electron chi connectivity index (χ0n) is 11.5. The summed E-state index contributed by atoms with van der Waals surface area (Å²) in [6.45, 7) is 7.84. The Labute approximate surface area is 111 Å². The Bertz CT molecular complexity index is 630. The number of rotatable bonds is 3. The van der Waals surface area contributed by atoms with E-state index < -0.39 is 5.97 Å². The van der Waals surface area contributed by atoms with E-state index in [2.05, 4.69) is 10.1 Å². The van der Waals surface area contributed by atoms with Gasteiger partial charge in [0.2, 0.25) is 0 Å². The molecule has 0 aliphatic heterocycles. The van der Waals surface area contributed by atoms with Crippen molar-refractivity contribution < 1.29 is 9.90 Å². The first-order chi connectivity index (χ1) is 8.90. The van der Waals surface area contributed by atoms with Gasteiger partial charge in [0.25, 0.3) is 0 Å². The maximum Gasteiger partial charge on any atom is 0.335 e. The summed E-state index contributed by atoms with van der Waals surface area (Å²) in [7, 11) is 0. The van der Waals surface area contributed by atoms with Crippen LogP contribution >= 0.6 is 0 Å². The molecule has 0 radical (unpaired) electrons. The molecule has 2 rings (SSSR count). The summed E-state index contributed by atoms with van der Waals surface area (Å²) in [4.78, 5) is 15.5. The maximum atomic E-state index is 11.1. The molecule has 1 N–H and O–H groups in total. The minimum atomic E-state index is -0.941. The van der Waals surface area contributed by atoms with Crippen LogP contribution in [0, 0.1) is 13.8 Å². The molecule has 0 fully saturated rings. The van der Waals surface area contributed by atoms with Crippen molar-refractivity contribution in [2.24, 2.45) is 0 Å². The molecule has 0 amide bonds. The summed E-state index contributed by atoms with van der Waals surface area (Å²) in [6, 6.07) is 5.03. The maximum absolute atomic E-state index is 11.1. The lowest BCUT2D eigenvalue weighted by atomic mass is 10.1. The van der Waals surface area contributed by atoms with E-state index in [4.69, 9.17) is 5.11 Å². The minimum Gasteiger partial charge on any atom is -0.478 e. The van der Waals surface area contributed by atoms with Crippen molar-refractivity contribution in [3.8, 4) is 5.69 Å². The second-order valence-electron chi connectivity index (χ2n) is 4.89. The summed E-state index contributed by atoms with van der Waals surface area (Å²) in [6.07, 6.45) is 0. The zero-order valence-corrected chi connectivity index (χ0v) is 11.5. The van der Waals surface area contributed by atoms with Crippen LogP contribution in [0.3, 0.4) is 0 Å². The highest BCUT2D eigenvalue weighted by Crippen LogP contribution is 2.21. The fraction of sp³-hybridized carbons (Fsp3) is 0.357. The molecule has 5 heteroatoms. The number of nitrogens with zero attached hydrogens (tertiary/aromatic N) is 3. The van der Waals surface area contributed by atoms with Gasteiger partial charge in [-0.15, -0.1) is 0 Å². The first kappa shape index (κ1) is 13.3. The predicted octanol–water partition coefficient (Wildman–Crippen LogP) is 2.71. The summed E-state index contributed by atoms with van der Waals surface area (Å²) < 4.78 is 1.74. The van der Waals surface area contributed by atoms with E-state index in [1.807, 2.05) is 27.7 Å². The first-order valence-corrected chi connectivity index (χ1v) is 6.18. The van der Waals surface area contributed by atoms with Crippen LogP contribution in [-0.2, 0) is 0 Å². The van der Waals surface area contributed by atoms with E-state index >= 15 is 0 Å². The van der Waals surface area contributed by atoms with E-state index in [0.29, 0.717) is 5.82 Å². The minimum absolute atomic E-state index is 0.217. The Morgan fingerprint density at radius 2 is 2.00 bits per heavy atom. The van der Waals surface area contributed by atoms with Gasteiger partial charge in [-0.2, -0.15) is 5.10 Å². The average Bonchev–Trinajstić information content (AvgIpc) is 2.71. The molecule has 0 spiro atoms. The molecular formula is C14H17N3O2. The smallest absolute Gasteiger partial charge is 0.335 e. The molecule has 0 saturated heterocycles. The lowest BCUT2D eigenvalue weighted by Gasteiger charge is -2.11. The SMILES string of the molecule is Cc1nc(C(C)C)n(-c2cc(C(=O)O)ccc2C)n1. The Morgan fingerprint density at radius 1 is 1.32 bits per heavy atom. The van der Waals surface area contributed by atoms with Crippen molar-refractivity contribution in [1.29, 1.82) is 0 Å². The van der Waals surface area contributed by atoms with Gasteiger partial charge in [0.1, 0.15) is 11.6 Å². The lowest BCUT2D eigenvalue weighted by molar-refractivity contribution is 0.0697. The van der Waals surface area contributed by atoms with Crippen molar-refractivity contribution in [3.05, 3.63) is 41.0 Å². The third-order valence-electron chi connectivity index (χ3n) is 2.94. The zero-order chi connectivity index (χ0) is 14.2. The number of carbonyl (C=O) groups is 1. The van der Waals surface area contributed by atoms with Gasteiger partial charge >= 0.3 is 5.97 Å². The molecule has 2 aromatic rings. The summed E-state index contributed by atoms with van der Waals surface area (Å²) >= 11 is 0. The number of aryl methyl sites for hydroxylation is 2. The van der Waals surface area contributed by atoms with Crippen molar-refractivity contribution >= 4 is 5.97 Å². The van der Waals surface area contributed by atoms with Crippen LogP contribution in [0.25, 0.3) is 5.69 Å². The van der Waals surface area contributed by atoms with Gasteiger partial charge < -0.3 is 5.11 Å². The standard InChI is InChI=1S/C14H17N3O2/c1-8(2)13-15-10(4)16-17(13)12-7-11(14(18)19)6-5-9(12)3/h5-8H,1-4H3,(H,18,19). The predicted molar refractivity (Wildman–Crippen MR) is 71.9 cm³/mol. The van der Waals surface area contributed by atoms with Crippen molar-refractivity contribution in [3.63, 3.8) is 0 Å². The fourth-order valence-electron chi connectivity index (χ4n) is 1.95. The molecule has 5 nitrogen and oxygen atoms in total. The number of carboxylic acid groups (broad SMARTS) is 1. The monoisotopic (exact) mass is 259 g/mol. The van der Waals surface area contributed by atoms with Gasteiger partial charge in [0.15, 0.2) is 0 Å². The van der Waals surface area contributed by atoms with Crippen LogP contribution in [0.4, 0.5) is 0 Å². The van der Waals surface area contributed by atoms with Crippen LogP contribution in [-0.4, -0.2) is 25.8 Å². The Balaban J connectivity index is 2.64. The van der Waals surface area contributed by atoms with Gasteiger partial charge in [-0.1, -0.05) is 19.9 Å². The van der Waals surface area contributed by atoms with E-state index in [9.17, 15) is 4.79 Å². The van der Waals surface area contributed by atoms with Crippen molar-refractivity contribution in [1.82, 2.24) is 14.8 Å². The number of carboxylic acids is 1. The van der Waals surface area contributed by atoms with Gasteiger partial charge in [-0.3, -0.25) is 0 Å². The number of aromatic nitrogens is 3. The Morgan fingerprint density at radius 3 is 2.58 bits per heavy atom. The average molecular weight is 259 g/mol. The highest BCUT2D eigenvalue weighted by molar-refractivity contribution is 5.88.